The van der Waals surface area contributed by atoms with Crippen molar-refractivity contribution in [2.45, 2.75) is 46.3 Å². The molecule has 206 valence electrons. The van der Waals surface area contributed by atoms with Crippen molar-refractivity contribution in [2.75, 3.05) is 13.2 Å². The van der Waals surface area contributed by atoms with Gasteiger partial charge >= 0.3 is 23.9 Å². The van der Waals surface area contributed by atoms with E-state index in [1.165, 1.54) is 12.1 Å². The molecular formula is C31H34O8. The largest absolute Gasteiger partial charge is 0.458 e. The molecule has 0 amide bonds. The minimum Gasteiger partial charge on any atom is -0.458 e. The van der Waals surface area contributed by atoms with Crippen LogP contribution < -0.4 is 0 Å². The maximum absolute atomic E-state index is 12.7. The van der Waals surface area contributed by atoms with E-state index < -0.39 is 36.1 Å². The molecule has 0 saturated heterocycles. The first-order valence-electron chi connectivity index (χ1n) is 12.8. The van der Waals surface area contributed by atoms with Crippen molar-refractivity contribution < 1.29 is 38.1 Å². The monoisotopic (exact) mass is 534 g/mol. The van der Waals surface area contributed by atoms with E-state index >= 15 is 0 Å². The fourth-order valence-electron chi connectivity index (χ4n) is 3.26. The summed E-state index contributed by atoms with van der Waals surface area (Å²) in [6.45, 7) is 6.81. The lowest BCUT2D eigenvalue weighted by molar-refractivity contribution is -0.141. The first-order valence-corrected chi connectivity index (χ1v) is 12.8. The van der Waals surface area contributed by atoms with Gasteiger partial charge in [0.25, 0.3) is 0 Å². The predicted octanol–water partition coefficient (Wildman–Crippen LogP) is 5.65. The van der Waals surface area contributed by atoms with Gasteiger partial charge in [-0.15, -0.1) is 0 Å². The Morgan fingerprint density at radius 3 is 1.87 bits per heavy atom. The van der Waals surface area contributed by atoms with Crippen LogP contribution in [-0.2, 0) is 23.7 Å². The summed E-state index contributed by atoms with van der Waals surface area (Å²) < 4.78 is 21.2. The molecule has 2 aromatic carbocycles. The maximum atomic E-state index is 12.7. The molecule has 2 atom stereocenters. The molecule has 0 bridgehead atoms. The van der Waals surface area contributed by atoms with Gasteiger partial charge in [-0.2, -0.15) is 0 Å². The summed E-state index contributed by atoms with van der Waals surface area (Å²) in [5.74, 6) is -2.59. The third-order valence-corrected chi connectivity index (χ3v) is 5.12. The molecule has 1 aliphatic carbocycles. The molecule has 0 spiro atoms. The van der Waals surface area contributed by atoms with E-state index in [1.54, 1.807) is 74.5 Å². The van der Waals surface area contributed by atoms with Crippen LogP contribution in [0.2, 0.25) is 0 Å². The lowest BCUT2D eigenvalue weighted by atomic mass is 10.1. The van der Waals surface area contributed by atoms with E-state index in [1.807, 2.05) is 26.0 Å². The summed E-state index contributed by atoms with van der Waals surface area (Å²) in [6.07, 6.45) is 8.02. The van der Waals surface area contributed by atoms with E-state index in [4.69, 9.17) is 18.9 Å². The normalized spacial score (nSPS) is 13.4. The Morgan fingerprint density at radius 1 is 0.692 bits per heavy atom. The molecule has 2 unspecified atom stereocenters. The van der Waals surface area contributed by atoms with E-state index in [0.29, 0.717) is 17.6 Å². The number of esters is 4. The first-order chi connectivity index (χ1) is 18.8. The maximum Gasteiger partial charge on any atom is 0.339 e. The van der Waals surface area contributed by atoms with Crippen LogP contribution in [0.1, 0.15) is 65.2 Å². The molecule has 0 aliphatic heterocycles. The Morgan fingerprint density at radius 2 is 1.23 bits per heavy atom. The van der Waals surface area contributed by atoms with Crippen molar-refractivity contribution in [1.82, 2.24) is 0 Å². The average Bonchev–Trinajstić information content (AvgIpc) is 3.26. The fourth-order valence-corrected chi connectivity index (χ4v) is 3.26. The molecule has 3 rings (SSSR count). The molecule has 2 aromatic rings. The van der Waals surface area contributed by atoms with Crippen molar-refractivity contribution in [1.29, 1.82) is 0 Å². The Kier molecular flexibility index (Phi) is 12.9. The number of hydrogen-bond donors (Lipinski definition) is 0. The number of carbonyl (C=O) groups is 4. The van der Waals surface area contributed by atoms with Gasteiger partial charge in [0.1, 0.15) is 25.4 Å². The first kappa shape index (κ1) is 30.8. The van der Waals surface area contributed by atoms with E-state index in [0.717, 1.165) is 0 Å². The second-order valence-electron chi connectivity index (χ2n) is 8.22. The summed E-state index contributed by atoms with van der Waals surface area (Å²) in [5, 5.41) is 0. The average molecular weight is 535 g/mol. The summed E-state index contributed by atoms with van der Waals surface area (Å²) >= 11 is 0. The SMILES string of the molecule is CC.CC(COC(=O)c1ccccc1C(=O)OC(C)COC(=O)C1=CCC=CC=C1)OC(=O)c1ccccc1. The zero-order valence-electron chi connectivity index (χ0n) is 22.6. The number of rotatable bonds is 10. The number of ether oxygens (including phenoxy) is 4. The van der Waals surface area contributed by atoms with Gasteiger partial charge in [0.2, 0.25) is 0 Å². The van der Waals surface area contributed by atoms with E-state index in [9.17, 15) is 19.2 Å². The third kappa shape index (κ3) is 10.1. The number of benzene rings is 2. The van der Waals surface area contributed by atoms with E-state index in [2.05, 4.69) is 0 Å². The smallest absolute Gasteiger partial charge is 0.339 e. The highest BCUT2D eigenvalue weighted by Crippen LogP contribution is 2.15. The van der Waals surface area contributed by atoms with Gasteiger partial charge in [0.05, 0.1) is 22.3 Å². The highest BCUT2D eigenvalue weighted by atomic mass is 16.6. The quantitative estimate of drug-likeness (QED) is 0.285. The highest BCUT2D eigenvalue weighted by Gasteiger charge is 2.23. The molecule has 0 saturated carbocycles. The number of hydrogen-bond acceptors (Lipinski definition) is 8. The second kappa shape index (κ2) is 16.4. The lowest BCUT2D eigenvalue weighted by Crippen LogP contribution is -2.25. The van der Waals surface area contributed by atoms with Crippen molar-refractivity contribution in [3.63, 3.8) is 0 Å². The lowest BCUT2D eigenvalue weighted by Gasteiger charge is -2.16. The second-order valence-corrected chi connectivity index (χ2v) is 8.22. The van der Waals surface area contributed by atoms with Crippen LogP contribution >= 0.6 is 0 Å². The van der Waals surface area contributed by atoms with E-state index in [-0.39, 0.29) is 24.3 Å². The fraction of sp³-hybridized carbons (Fsp3) is 0.290. The van der Waals surface area contributed by atoms with Crippen LogP contribution in [0.3, 0.4) is 0 Å². The minimum absolute atomic E-state index is 0.0000871. The van der Waals surface area contributed by atoms with Crippen LogP contribution in [0.25, 0.3) is 0 Å². The van der Waals surface area contributed by atoms with Gasteiger partial charge in [-0.1, -0.05) is 68.5 Å². The summed E-state index contributed by atoms with van der Waals surface area (Å²) in [6, 6.07) is 14.5. The summed E-state index contributed by atoms with van der Waals surface area (Å²) in [5.41, 5.74) is 0.799. The Labute approximate surface area is 228 Å². The number of allylic oxidation sites excluding steroid dienone is 4. The molecule has 8 nitrogen and oxygen atoms in total. The highest BCUT2D eigenvalue weighted by molar-refractivity contribution is 6.03. The van der Waals surface area contributed by atoms with Gasteiger partial charge in [-0.05, 0) is 50.6 Å². The zero-order valence-corrected chi connectivity index (χ0v) is 22.6. The Hall–Kier alpha value is -4.46. The molecular weight excluding hydrogens is 500 g/mol. The third-order valence-electron chi connectivity index (χ3n) is 5.12. The molecule has 1 aliphatic rings. The standard InChI is InChI=1S/C29H28O8.C2H6/c1-20(36-27(31)23-14-8-5-9-15-23)19-35-28(32)24-16-10-11-17-25(24)29(33)37-21(2)18-34-26(30)22-12-6-3-4-7-13-22;1-2/h3-6,8-17,20-21H,7,18-19H2,1-2H3;1-2H3. The summed E-state index contributed by atoms with van der Waals surface area (Å²) in [4.78, 5) is 49.8. The molecule has 0 N–H and O–H groups in total. The van der Waals surface area contributed by atoms with Gasteiger partial charge < -0.3 is 18.9 Å². The molecule has 8 heteroatoms. The Bertz CT molecular complexity index is 1210. The van der Waals surface area contributed by atoms with Gasteiger partial charge in [0, 0.05) is 0 Å². The van der Waals surface area contributed by atoms with Crippen LogP contribution in [0.15, 0.2) is 90.6 Å². The van der Waals surface area contributed by atoms with Gasteiger partial charge in [-0.25, -0.2) is 19.2 Å². The van der Waals surface area contributed by atoms with Crippen LogP contribution in [0, 0.1) is 0 Å². The van der Waals surface area contributed by atoms with Crippen molar-refractivity contribution >= 4 is 23.9 Å². The molecule has 0 heterocycles. The van der Waals surface area contributed by atoms with Crippen molar-refractivity contribution in [3.05, 3.63) is 107 Å². The molecule has 0 fully saturated rings. The summed E-state index contributed by atoms with van der Waals surface area (Å²) in [7, 11) is 0. The molecule has 0 radical (unpaired) electrons. The molecule has 39 heavy (non-hydrogen) atoms. The topological polar surface area (TPSA) is 105 Å². The number of carbonyl (C=O) groups excluding carboxylic acids is 4. The Balaban J connectivity index is 0.00000260. The minimum atomic E-state index is -0.769. The van der Waals surface area contributed by atoms with Crippen LogP contribution in [0.5, 0.6) is 0 Å². The predicted molar refractivity (Wildman–Crippen MR) is 146 cm³/mol. The van der Waals surface area contributed by atoms with Crippen molar-refractivity contribution in [2.24, 2.45) is 0 Å². The van der Waals surface area contributed by atoms with Gasteiger partial charge in [0.15, 0.2) is 0 Å². The van der Waals surface area contributed by atoms with Crippen LogP contribution in [0.4, 0.5) is 0 Å². The molecule has 0 aromatic heterocycles. The zero-order chi connectivity index (χ0) is 28.6. The van der Waals surface area contributed by atoms with Gasteiger partial charge in [-0.3, -0.25) is 0 Å². The van der Waals surface area contributed by atoms with Crippen molar-refractivity contribution in [3.8, 4) is 0 Å². The van der Waals surface area contributed by atoms with Crippen LogP contribution in [-0.4, -0.2) is 49.3 Å².